The number of benzene rings is 1. The van der Waals surface area contributed by atoms with Crippen molar-refractivity contribution in [1.82, 2.24) is 0 Å². The van der Waals surface area contributed by atoms with Gasteiger partial charge in [0.05, 0.1) is 12.0 Å². The molecular weight excluding hydrogens is 225 g/mol. The van der Waals surface area contributed by atoms with Crippen molar-refractivity contribution < 1.29 is 4.39 Å². The molecular formula is C16H22FN. The van der Waals surface area contributed by atoms with E-state index in [1.165, 1.54) is 44.2 Å². The largest absolute Gasteiger partial charge is 0.207 e. The zero-order valence-electron chi connectivity index (χ0n) is 11.2. The number of nitriles is 1. The van der Waals surface area contributed by atoms with E-state index in [1.54, 1.807) is 12.1 Å². The van der Waals surface area contributed by atoms with Gasteiger partial charge in [0, 0.05) is 0 Å². The highest BCUT2D eigenvalue weighted by atomic mass is 19.1. The van der Waals surface area contributed by atoms with Crippen molar-refractivity contribution in [3.8, 4) is 6.07 Å². The van der Waals surface area contributed by atoms with Gasteiger partial charge in [-0.1, -0.05) is 57.6 Å². The minimum absolute atomic E-state index is 0.0863. The first kappa shape index (κ1) is 14.7. The number of hydrogen-bond acceptors (Lipinski definition) is 1. The van der Waals surface area contributed by atoms with Gasteiger partial charge in [0.2, 0.25) is 0 Å². The van der Waals surface area contributed by atoms with Gasteiger partial charge in [0.15, 0.2) is 0 Å². The van der Waals surface area contributed by atoms with E-state index in [0.717, 1.165) is 18.4 Å². The number of rotatable bonds is 8. The van der Waals surface area contributed by atoms with Crippen molar-refractivity contribution in [3.05, 3.63) is 35.6 Å². The van der Waals surface area contributed by atoms with Crippen LogP contribution in [0.25, 0.3) is 0 Å². The van der Waals surface area contributed by atoms with E-state index in [2.05, 4.69) is 13.0 Å². The van der Waals surface area contributed by atoms with Crippen LogP contribution in [0.1, 0.15) is 63.4 Å². The molecule has 0 heterocycles. The lowest BCUT2D eigenvalue weighted by Crippen LogP contribution is -1.96. The topological polar surface area (TPSA) is 23.8 Å². The zero-order chi connectivity index (χ0) is 13.2. The van der Waals surface area contributed by atoms with Crippen LogP contribution >= 0.6 is 0 Å². The van der Waals surface area contributed by atoms with Crippen molar-refractivity contribution in [3.63, 3.8) is 0 Å². The molecule has 1 rings (SSSR count). The Bertz CT molecular complexity index is 364. The summed E-state index contributed by atoms with van der Waals surface area (Å²) in [4.78, 5) is 0. The third kappa shape index (κ3) is 5.31. The van der Waals surface area contributed by atoms with E-state index in [4.69, 9.17) is 5.26 Å². The fourth-order valence-corrected chi connectivity index (χ4v) is 2.13. The SMILES string of the molecule is CCCCCCCCC(C#N)c1ccc(F)cc1. The van der Waals surface area contributed by atoms with Gasteiger partial charge < -0.3 is 0 Å². The Morgan fingerprint density at radius 2 is 1.67 bits per heavy atom. The van der Waals surface area contributed by atoms with E-state index in [9.17, 15) is 4.39 Å². The van der Waals surface area contributed by atoms with E-state index in [1.807, 2.05) is 0 Å². The summed E-state index contributed by atoms with van der Waals surface area (Å²) in [6.07, 6.45) is 8.28. The number of unbranched alkanes of at least 4 members (excludes halogenated alkanes) is 5. The summed E-state index contributed by atoms with van der Waals surface area (Å²) in [6.45, 7) is 2.21. The Labute approximate surface area is 110 Å². The summed E-state index contributed by atoms with van der Waals surface area (Å²) in [6, 6.07) is 8.63. The second-order valence-corrected chi connectivity index (χ2v) is 4.79. The highest BCUT2D eigenvalue weighted by molar-refractivity contribution is 5.25. The Kier molecular flexibility index (Phi) is 7.10. The van der Waals surface area contributed by atoms with Gasteiger partial charge in [-0.25, -0.2) is 4.39 Å². The highest BCUT2D eigenvalue weighted by Gasteiger charge is 2.09. The molecule has 0 radical (unpaired) electrons. The number of hydrogen-bond donors (Lipinski definition) is 0. The molecule has 0 aromatic heterocycles. The van der Waals surface area contributed by atoms with Crippen LogP contribution in [0.4, 0.5) is 4.39 Å². The molecule has 1 aromatic rings. The first-order valence-electron chi connectivity index (χ1n) is 6.93. The molecule has 0 fully saturated rings. The molecule has 1 nitrogen and oxygen atoms in total. The summed E-state index contributed by atoms with van der Waals surface area (Å²) in [5.41, 5.74) is 0.937. The van der Waals surface area contributed by atoms with Crippen molar-refractivity contribution in [1.29, 1.82) is 5.26 Å². The van der Waals surface area contributed by atoms with Gasteiger partial charge in [-0.3, -0.25) is 0 Å². The van der Waals surface area contributed by atoms with E-state index < -0.39 is 0 Å². The Morgan fingerprint density at radius 1 is 1.06 bits per heavy atom. The standard InChI is InChI=1S/C16H22FN/c1-2-3-4-5-6-7-8-15(13-18)14-9-11-16(17)12-10-14/h9-12,15H,2-8H2,1H3. The van der Waals surface area contributed by atoms with Gasteiger partial charge in [-0.15, -0.1) is 0 Å². The van der Waals surface area contributed by atoms with Crippen LogP contribution < -0.4 is 0 Å². The Hall–Kier alpha value is -1.36. The molecule has 0 N–H and O–H groups in total. The van der Waals surface area contributed by atoms with E-state index in [-0.39, 0.29) is 11.7 Å². The molecule has 0 bridgehead atoms. The third-order valence-electron chi connectivity index (χ3n) is 3.27. The zero-order valence-corrected chi connectivity index (χ0v) is 11.2. The van der Waals surface area contributed by atoms with Crippen LogP contribution in [0.15, 0.2) is 24.3 Å². The quantitative estimate of drug-likeness (QED) is 0.580. The second-order valence-electron chi connectivity index (χ2n) is 4.79. The maximum atomic E-state index is 12.8. The molecule has 0 saturated heterocycles. The van der Waals surface area contributed by atoms with Gasteiger partial charge in [0.25, 0.3) is 0 Å². The summed E-state index contributed by atoms with van der Waals surface area (Å²) < 4.78 is 12.8. The summed E-state index contributed by atoms with van der Waals surface area (Å²) in [5.74, 6) is -0.327. The lowest BCUT2D eigenvalue weighted by molar-refractivity contribution is 0.574. The molecule has 1 aromatic carbocycles. The van der Waals surface area contributed by atoms with E-state index >= 15 is 0 Å². The Balaban J connectivity index is 2.30. The molecule has 0 aliphatic heterocycles. The van der Waals surface area contributed by atoms with Crippen LogP contribution in [0.5, 0.6) is 0 Å². The number of halogens is 1. The predicted octanol–water partition coefficient (Wildman–Crippen LogP) is 5.18. The lowest BCUT2D eigenvalue weighted by atomic mass is 9.94. The number of nitrogens with zero attached hydrogens (tertiary/aromatic N) is 1. The molecule has 0 spiro atoms. The molecule has 1 unspecified atom stereocenters. The predicted molar refractivity (Wildman–Crippen MR) is 72.7 cm³/mol. The molecule has 2 heteroatoms. The van der Waals surface area contributed by atoms with Gasteiger partial charge in [-0.05, 0) is 24.1 Å². The summed E-state index contributed by atoms with van der Waals surface area (Å²) >= 11 is 0. The molecule has 0 aliphatic rings. The fraction of sp³-hybridized carbons (Fsp3) is 0.562. The molecule has 0 amide bonds. The van der Waals surface area contributed by atoms with Crippen LogP contribution in [0.2, 0.25) is 0 Å². The Morgan fingerprint density at radius 3 is 2.28 bits per heavy atom. The summed E-state index contributed by atoms with van der Waals surface area (Å²) in [5, 5.41) is 9.15. The van der Waals surface area contributed by atoms with Crippen molar-refractivity contribution in [2.45, 2.75) is 57.8 Å². The highest BCUT2D eigenvalue weighted by Crippen LogP contribution is 2.22. The average molecular weight is 247 g/mol. The molecule has 0 saturated carbocycles. The van der Waals surface area contributed by atoms with Gasteiger partial charge >= 0.3 is 0 Å². The maximum Gasteiger partial charge on any atom is 0.123 e. The molecule has 1 atom stereocenters. The third-order valence-corrected chi connectivity index (χ3v) is 3.27. The maximum absolute atomic E-state index is 12.8. The van der Waals surface area contributed by atoms with Gasteiger partial charge in [0.1, 0.15) is 5.82 Å². The van der Waals surface area contributed by atoms with Crippen LogP contribution in [-0.2, 0) is 0 Å². The first-order chi connectivity index (χ1) is 8.77. The fourth-order valence-electron chi connectivity index (χ4n) is 2.13. The summed E-state index contributed by atoms with van der Waals surface area (Å²) in [7, 11) is 0. The van der Waals surface area contributed by atoms with Crippen LogP contribution in [0, 0.1) is 17.1 Å². The minimum Gasteiger partial charge on any atom is -0.207 e. The lowest BCUT2D eigenvalue weighted by Gasteiger charge is -2.09. The van der Waals surface area contributed by atoms with Crippen molar-refractivity contribution in [2.75, 3.05) is 0 Å². The van der Waals surface area contributed by atoms with Crippen molar-refractivity contribution >= 4 is 0 Å². The first-order valence-corrected chi connectivity index (χ1v) is 6.93. The van der Waals surface area contributed by atoms with Crippen LogP contribution in [0.3, 0.4) is 0 Å². The smallest absolute Gasteiger partial charge is 0.123 e. The van der Waals surface area contributed by atoms with Crippen LogP contribution in [-0.4, -0.2) is 0 Å². The van der Waals surface area contributed by atoms with Gasteiger partial charge in [-0.2, -0.15) is 5.26 Å². The van der Waals surface area contributed by atoms with E-state index in [0.29, 0.717) is 0 Å². The average Bonchev–Trinajstić information content (AvgIpc) is 2.39. The monoisotopic (exact) mass is 247 g/mol. The van der Waals surface area contributed by atoms with Crippen molar-refractivity contribution in [2.24, 2.45) is 0 Å². The second kappa shape index (κ2) is 8.69. The molecule has 0 aliphatic carbocycles. The minimum atomic E-state index is -0.241. The molecule has 98 valence electrons. The normalized spacial score (nSPS) is 12.1. The molecule has 18 heavy (non-hydrogen) atoms.